The van der Waals surface area contributed by atoms with Gasteiger partial charge in [0.15, 0.2) is 0 Å². The number of urea groups is 1. The van der Waals surface area contributed by atoms with E-state index in [1.54, 1.807) is 4.90 Å². The van der Waals surface area contributed by atoms with Gasteiger partial charge < -0.3 is 15.0 Å². The second-order valence-corrected chi connectivity index (χ2v) is 4.85. The molecule has 0 radical (unpaired) electrons. The van der Waals surface area contributed by atoms with Gasteiger partial charge in [-0.2, -0.15) is 0 Å². The Hall–Kier alpha value is -1.26. The van der Waals surface area contributed by atoms with Gasteiger partial charge in [-0.3, -0.25) is 0 Å². The number of carbonyl (C=O) groups is 2. The Morgan fingerprint density at radius 3 is 2.35 bits per heavy atom. The minimum atomic E-state index is -0.534. The molecule has 98 valence electrons. The van der Waals surface area contributed by atoms with Crippen molar-refractivity contribution < 1.29 is 14.3 Å². The van der Waals surface area contributed by atoms with Crippen molar-refractivity contribution in [2.24, 2.45) is 5.92 Å². The molecular weight excluding hydrogens is 220 g/mol. The molecule has 1 rings (SSSR count). The number of rotatable bonds is 4. The molecule has 0 unspecified atom stereocenters. The summed E-state index contributed by atoms with van der Waals surface area (Å²) in [6.07, 6.45) is 2.69. The van der Waals surface area contributed by atoms with Crippen molar-refractivity contribution in [1.29, 1.82) is 0 Å². The van der Waals surface area contributed by atoms with Gasteiger partial charge in [0.25, 0.3) is 0 Å². The number of hydrogen-bond acceptors (Lipinski definition) is 3. The van der Waals surface area contributed by atoms with E-state index < -0.39 is 6.04 Å². The van der Waals surface area contributed by atoms with E-state index in [2.05, 4.69) is 5.32 Å². The molecule has 1 heterocycles. The highest BCUT2D eigenvalue weighted by atomic mass is 16.5. The normalized spacial score (nSPS) is 17.1. The summed E-state index contributed by atoms with van der Waals surface area (Å²) in [6, 6.07) is -0.688. The van der Waals surface area contributed by atoms with Gasteiger partial charge in [-0.15, -0.1) is 0 Å². The maximum Gasteiger partial charge on any atom is 0.328 e. The lowest BCUT2D eigenvalue weighted by Gasteiger charge is -2.22. The zero-order valence-electron chi connectivity index (χ0n) is 10.9. The van der Waals surface area contributed by atoms with Crippen molar-refractivity contribution in [1.82, 2.24) is 10.2 Å². The predicted molar refractivity (Wildman–Crippen MR) is 64.6 cm³/mol. The fourth-order valence-corrected chi connectivity index (χ4v) is 1.99. The Morgan fingerprint density at radius 1 is 1.29 bits per heavy atom. The van der Waals surface area contributed by atoms with Crippen LogP contribution in [-0.4, -0.2) is 43.1 Å². The van der Waals surface area contributed by atoms with E-state index in [1.807, 2.05) is 13.8 Å². The van der Waals surface area contributed by atoms with E-state index in [1.165, 1.54) is 7.11 Å². The van der Waals surface area contributed by atoms with Crippen LogP contribution in [0.2, 0.25) is 0 Å². The third kappa shape index (κ3) is 4.24. The third-order valence-corrected chi connectivity index (χ3v) is 2.88. The van der Waals surface area contributed by atoms with Gasteiger partial charge in [0.05, 0.1) is 7.11 Å². The van der Waals surface area contributed by atoms with Crippen molar-refractivity contribution in [3.8, 4) is 0 Å². The number of likely N-dealkylation sites (tertiary alicyclic amines) is 1. The minimum absolute atomic E-state index is 0.154. The lowest BCUT2D eigenvalue weighted by atomic mass is 10.0. The fraction of sp³-hybridized carbons (Fsp3) is 0.833. The number of methoxy groups -OCH3 is 1. The summed E-state index contributed by atoms with van der Waals surface area (Å²) >= 11 is 0. The molecule has 0 spiro atoms. The molecule has 0 saturated carbocycles. The van der Waals surface area contributed by atoms with Gasteiger partial charge in [-0.1, -0.05) is 13.8 Å². The molecule has 1 aliphatic rings. The van der Waals surface area contributed by atoms with Crippen molar-refractivity contribution >= 4 is 12.0 Å². The average molecular weight is 242 g/mol. The van der Waals surface area contributed by atoms with E-state index in [9.17, 15) is 9.59 Å². The Morgan fingerprint density at radius 2 is 1.88 bits per heavy atom. The van der Waals surface area contributed by atoms with Gasteiger partial charge in [0, 0.05) is 13.1 Å². The lowest BCUT2D eigenvalue weighted by molar-refractivity contribution is -0.143. The average Bonchev–Trinajstić information content (AvgIpc) is 2.79. The number of amides is 2. The van der Waals surface area contributed by atoms with Crippen LogP contribution in [0.5, 0.6) is 0 Å². The largest absolute Gasteiger partial charge is 0.467 e. The molecule has 2 amide bonds. The van der Waals surface area contributed by atoms with Crippen LogP contribution >= 0.6 is 0 Å². The van der Waals surface area contributed by atoms with Gasteiger partial charge in [0.2, 0.25) is 0 Å². The first-order valence-corrected chi connectivity index (χ1v) is 6.18. The van der Waals surface area contributed by atoms with Gasteiger partial charge in [-0.25, -0.2) is 9.59 Å². The third-order valence-electron chi connectivity index (χ3n) is 2.88. The maximum atomic E-state index is 11.9. The Bertz CT molecular complexity index is 273. The second-order valence-electron chi connectivity index (χ2n) is 4.85. The van der Waals surface area contributed by atoms with Crippen LogP contribution in [0.1, 0.15) is 33.1 Å². The van der Waals surface area contributed by atoms with Crippen molar-refractivity contribution in [3.63, 3.8) is 0 Å². The van der Waals surface area contributed by atoms with E-state index >= 15 is 0 Å². The lowest BCUT2D eigenvalue weighted by Crippen LogP contribution is -2.48. The monoisotopic (exact) mass is 242 g/mol. The Kier molecular flexibility index (Phi) is 5.25. The molecule has 5 nitrogen and oxygen atoms in total. The first-order chi connectivity index (χ1) is 8.04. The number of nitrogens with one attached hydrogen (secondary N) is 1. The summed E-state index contributed by atoms with van der Waals surface area (Å²) in [5.41, 5.74) is 0. The highest BCUT2D eigenvalue weighted by molar-refractivity contribution is 5.83. The molecule has 1 aliphatic heterocycles. The molecule has 0 aromatic carbocycles. The van der Waals surface area contributed by atoms with Gasteiger partial charge in [-0.05, 0) is 25.2 Å². The minimum Gasteiger partial charge on any atom is -0.467 e. The topological polar surface area (TPSA) is 58.6 Å². The molecule has 1 saturated heterocycles. The van der Waals surface area contributed by atoms with Crippen LogP contribution in [0.15, 0.2) is 0 Å². The number of hydrogen-bond donors (Lipinski definition) is 1. The van der Waals surface area contributed by atoms with Crippen molar-refractivity contribution in [2.75, 3.05) is 20.2 Å². The molecule has 1 atom stereocenters. The molecule has 0 aromatic heterocycles. The molecule has 17 heavy (non-hydrogen) atoms. The van der Waals surface area contributed by atoms with Crippen LogP contribution in [0.25, 0.3) is 0 Å². The molecule has 0 bridgehead atoms. The summed E-state index contributed by atoms with van der Waals surface area (Å²) in [5.74, 6) is -0.0378. The zero-order chi connectivity index (χ0) is 12.8. The van der Waals surface area contributed by atoms with Gasteiger partial charge in [0.1, 0.15) is 6.04 Å². The SMILES string of the molecule is COC(=O)[C@H](CC(C)C)NC(=O)N1CCCC1. The van der Waals surface area contributed by atoms with E-state index in [-0.39, 0.29) is 12.0 Å². The predicted octanol–water partition coefficient (Wildman–Crippen LogP) is 1.38. The summed E-state index contributed by atoms with van der Waals surface area (Å²) in [6.45, 7) is 5.58. The van der Waals surface area contributed by atoms with Crippen LogP contribution < -0.4 is 5.32 Å². The number of ether oxygens (including phenoxy) is 1. The van der Waals surface area contributed by atoms with Crippen LogP contribution in [0.3, 0.4) is 0 Å². The number of nitrogens with zero attached hydrogens (tertiary/aromatic N) is 1. The Balaban J connectivity index is 2.52. The quantitative estimate of drug-likeness (QED) is 0.758. The first-order valence-electron chi connectivity index (χ1n) is 6.18. The highest BCUT2D eigenvalue weighted by Crippen LogP contribution is 2.10. The van der Waals surface area contributed by atoms with Crippen LogP contribution in [-0.2, 0) is 9.53 Å². The molecule has 5 heteroatoms. The molecular formula is C12H22N2O3. The van der Waals surface area contributed by atoms with E-state index in [0.29, 0.717) is 12.3 Å². The standard InChI is InChI=1S/C12H22N2O3/c1-9(2)8-10(11(15)17-3)13-12(16)14-6-4-5-7-14/h9-10H,4-8H2,1-3H3,(H,13,16)/t10-/m0/s1. The Labute approximate surface area is 102 Å². The molecule has 1 fully saturated rings. The summed E-state index contributed by atoms with van der Waals surface area (Å²) in [4.78, 5) is 25.2. The fourth-order valence-electron chi connectivity index (χ4n) is 1.99. The van der Waals surface area contributed by atoms with E-state index in [4.69, 9.17) is 4.74 Å². The smallest absolute Gasteiger partial charge is 0.328 e. The van der Waals surface area contributed by atoms with Gasteiger partial charge >= 0.3 is 12.0 Å². The summed E-state index contributed by atoms with van der Waals surface area (Å²) in [7, 11) is 1.34. The van der Waals surface area contributed by atoms with Crippen molar-refractivity contribution in [3.05, 3.63) is 0 Å². The van der Waals surface area contributed by atoms with Crippen LogP contribution in [0, 0.1) is 5.92 Å². The molecule has 1 N–H and O–H groups in total. The zero-order valence-corrected chi connectivity index (χ0v) is 10.9. The maximum absolute atomic E-state index is 11.9. The summed E-state index contributed by atoms with van der Waals surface area (Å²) < 4.78 is 4.70. The summed E-state index contributed by atoms with van der Waals surface area (Å²) in [5, 5.41) is 2.75. The number of esters is 1. The van der Waals surface area contributed by atoms with Crippen LogP contribution in [0.4, 0.5) is 4.79 Å². The second kappa shape index (κ2) is 6.47. The molecule has 0 aromatic rings. The van der Waals surface area contributed by atoms with E-state index in [0.717, 1.165) is 25.9 Å². The highest BCUT2D eigenvalue weighted by Gasteiger charge is 2.26. The van der Waals surface area contributed by atoms with Crippen molar-refractivity contribution in [2.45, 2.75) is 39.2 Å². The number of carbonyl (C=O) groups excluding carboxylic acids is 2. The molecule has 0 aliphatic carbocycles. The first kappa shape index (κ1) is 13.8.